The smallest absolute Gasteiger partial charge is 0.166 e. The Hall–Kier alpha value is -1.51. The zero-order valence-electron chi connectivity index (χ0n) is 11.8. The Bertz CT molecular complexity index is 541. The fraction of sp³-hybridized carbons (Fsp3) is 0.588. The predicted molar refractivity (Wildman–Crippen MR) is 75.2 cm³/mol. The lowest BCUT2D eigenvalue weighted by Gasteiger charge is -2.09. The van der Waals surface area contributed by atoms with Crippen LogP contribution in [0.15, 0.2) is 18.2 Å². The van der Waals surface area contributed by atoms with Crippen LogP contribution in [0.25, 0.3) is 0 Å². The predicted octanol–water partition coefficient (Wildman–Crippen LogP) is 3.32. The Kier molecular flexibility index (Phi) is 2.76. The average molecular weight is 272 g/mol. The maximum absolute atomic E-state index is 12.6. The van der Waals surface area contributed by atoms with Crippen molar-refractivity contribution in [1.82, 2.24) is 0 Å². The van der Waals surface area contributed by atoms with E-state index < -0.39 is 0 Å². The maximum atomic E-state index is 12.6. The first-order chi connectivity index (χ1) is 9.74. The molecule has 2 saturated carbocycles. The minimum atomic E-state index is 0.285. The second kappa shape index (κ2) is 4.51. The number of hydrogen-bond acceptors (Lipinski definition) is 3. The highest BCUT2D eigenvalue weighted by molar-refractivity contribution is 6.00. The van der Waals surface area contributed by atoms with Crippen molar-refractivity contribution in [3.8, 4) is 11.5 Å². The van der Waals surface area contributed by atoms with Crippen LogP contribution in [0.5, 0.6) is 11.5 Å². The molecule has 3 nitrogen and oxygen atoms in total. The van der Waals surface area contributed by atoms with E-state index in [-0.39, 0.29) is 5.92 Å². The van der Waals surface area contributed by atoms with Gasteiger partial charge in [-0.1, -0.05) is 13.3 Å². The van der Waals surface area contributed by atoms with Gasteiger partial charge in [-0.15, -0.1) is 0 Å². The molecule has 1 aromatic carbocycles. The molecule has 4 rings (SSSR count). The fourth-order valence-corrected chi connectivity index (χ4v) is 3.81. The Balaban J connectivity index is 1.56. The quantitative estimate of drug-likeness (QED) is 0.775. The number of fused-ring (bicyclic) bond motifs is 2. The molecule has 3 aliphatic rings. The second-order valence-electron chi connectivity index (χ2n) is 6.54. The third-order valence-electron chi connectivity index (χ3n) is 4.98. The average Bonchev–Trinajstić information content (AvgIpc) is 3.02. The van der Waals surface area contributed by atoms with E-state index in [9.17, 15) is 4.79 Å². The van der Waals surface area contributed by atoms with Crippen LogP contribution in [-0.4, -0.2) is 19.0 Å². The molecule has 1 aliphatic heterocycles. The lowest BCUT2D eigenvalue weighted by molar-refractivity contribution is 0.0951. The van der Waals surface area contributed by atoms with E-state index in [1.54, 1.807) is 0 Å². The number of benzene rings is 1. The number of hydrogen-bond donors (Lipinski definition) is 0. The highest BCUT2D eigenvalue weighted by Gasteiger charge is 2.56. The number of ether oxygens (including phenoxy) is 2. The highest BCUT2D eigenvalue weighted by atomic mass is 16.5. The van der Waals surface area contributed by atoms with Gasteiger partial charge in [0.05, 0.1) is 13.2 Å². The number of carbonyl (C=O) groups is 1. The van der Waals surface area contributed by atoms with Gasteiger partial charge in [-0.3, -0.25) is 4.79 Å². The molecule has 2 fully saturated rings. The lowest BCUT2D eigenvalue weighted by Crippen LogP contribution is -2.12. The maximum Gasteiger partial charge on any atom is 0.166 e. The summed E-state index contributed by atoms with van der Waals surface area (Å²) in [6.07, 6.45) is 3.78. The normalized spacial score (nSPS) is 34.2. The molecule has 2 aliphatic carbocycles. The third kappa shape index (κ3) is 1.91. The molecule has 0 bridgehead atoms. The minimum absolute atomic E-state index is 0.285. The summed E-state index contributed by atoms with van der Waals surface area (Å²) in [5.74, 6) is 3.80. The van der Waals surface area contributed by atoms with Gasteiger partial charge in [0.15, 0.2) is 17.3 Å². The van der Waals surface area contributed by atoms with Crippen molar-refractivity contribution in [2.75, 3.05) is 13.2 Å². The van der Waals surface area contributed by atoms with Gasteiger partial charge in [-0.2, -0.15) is 0 Å². The topological polar surface area (TPSA) is 35.5 Å². The zero-order chi connectivity index (χ0) is 13.7. The van der Waals surface area contributed by atoms with E-state index in [4.69, 9.17) is 9.47 Å². The molecule has 0 amide bonds. The van der Waals surface area contributed by atoms with Crippen molar-refractivity contribution in [1.29, 1.82) is 0 Å². The molecule has 1 aromatic rings. The molecule has 20 heavy (non-hydrogen) atoms. The largest absolute Gasteiger partial charge is 0.489 e. The Morgan fingerprint density at radius 1 is 1.10 bits per heavy atom. The minimum Gasteiger partial charge on any atom is -0.489 e. The highest BCUT2D eigenvalue weighted by Crippen LogP contribution is 2.58. The molecule has 3 unspecified atom stereocenters. The van der Waals surface area contributed by atoms with Gasteiger partial charge in [-0.05, 0) is 42.9 Å². The van der Waals surface area contributed by atoms with Gasteiger partial charge >= 0.3 is 0 Å². The fourth-order valence-electron chi connectivity index (χ4n) is 3.81. The number of rotatable bonds is 2. The molecular formula is C17H20O3. The van der Waals surface area contributed by atoms with Crippen molar-refractivity contribution in [3.05, 3.63) is 23.8 Å². The van der Waals surface area contributed by atoms with E-state index >= 15 is 0 Å². The summed E-state index contributed by atoms with van der Waals surface area (Å²) in [6.45, 7) is 3.43. The standard InChI is InChI=1S/C17H20O3/c1-10-8-19-14-6-5-11(7-15(14)20-9-10)17(18)16-12-3-2-4-13(12)16/h5-7,10,12-13,16H,2-4,8-9H2,1H3. The summed E-state index contributed by atoms with van der Waals surface area (Å²) in [6, 6.07) is 5.66. The van der Waals surface area contributed by atoms with Crippen LogP contribution in [0.2, 0.25) is 0 Å². The van der Waals surface area contributed by atoms with E-state index in [0.717, 1.165) is 17.1 Å². The molecule has 0 N–H and O–H groups in total. The number of carbonyl (C=O) groups excluding carboxylic acids is 1. The van der Waals surface area contributed by atoms with Gasteiger partial charge in [-0.25, -0.2) is 0 Å². The zero-order valence-corrected chi connectivity index (χ0v) is 11.8. The molecule has 106 valence electrons. The van der Waals surface area contributed by atoms with E-state index in [0.29, 0.717) is 36.8 Å². The summed E-state index contributed by atoms with van der Waals surface area (Å²) < 4.78 is 11.5. The van der Waals surface area contributed by atoms with Gasteiger partial charge in [0, 0.05) is 17.4 Å². The van der Waals surface area contributed by atoms with Gasteiger partial charge < -0.3 is 9.47 Å². The van der Waals surface area contributed by atoms with Crippen molar-refractivity contribution >= 4 is 5.78 Å². The molecule has 1 heterocycles. The first-order valence-corrected chi connectivity index (χ1v) is 7.68. The summed E-state index contributed by atoms with van der Waals surface area (Å²) in [7, 11) is 0. The Labute approximate surface area is 119 Å². The van der Waals surface area contributed by atoms with Crippen molar-refractivity contribution in [2.24, 2.45) is 23.7 Å². The third-order valence-corrected chi connectivity index (χ3v) is 4.98. The lowest BCUT2D eigenvalue weighted by atomic mass is 10.0. The Morgan fingerprint density at radius 2 is 1.80 bits per heavy atom. The summed E-state index contributed by atoms with van der Waals surface area (Å²) in [4.78, 5) is 12.6. The van der Waals surface area contributed by atoms with E-state index in [1.165, 1.54) is 19.3 Å². The number of ketones is 1. The van der Waals surface area contributed by atoms with Crippen LogP contribution < -0.4 is 9.47 Å². The van der Waals surface area contributed by atoms with Crippen molar-refractivity contribution in [2.45, 2.75) is 26.2 Å². The van der Waals surface area contributed by atoms with Crippen LogP contribution in [0.4, 0.5) is 0 Å². The second-order valence-corrected chi connectivity index (χ2v) is 6.54. The first-order valence-electron chi connectivity index (χ1n) is 7.68. The van der Waals surface area contributed by atoms with Crippen LogP contribution in [0.3, 0.4) is 0 Å². The number of Topliss-reactive ketones (excluding diaryl/α,β-unsaturated/α-hetero) is 1. The molecule has 3 heteroatoms. The van der Waals surface area contributed by atoms with Crippen molar-refractivity contribution < 1.29 is 14.3 Å². The Morgan fingerprint density at radius 3 is 2.55 bits per heavy atom. The first kappa shape index (κ1) is 12.2. The molecular weight excluding hydrogens is 252 g/mol. The summed E-state index contributed by atoms with van der Waals surface area (Å²) >= 11 is 0. The molecule has 0 radical (unpaired) electrons. The van der Waals surface area contributed by atoms with Crippen molar-refractivity contribution in [3.63, 3.8) is 0 Å². The van der Waals surface area contributed by atoms with Crippen LogP contribution in [0, 0.1) is 23.7 Å². The summed E-state index contributed by atoms with van der Waals surface area (Å²) in [5.41, 5.74) is 0.793. The van der Waals surface area contributed by atoms with E-state index in [1.807, 2.05) is 18.2 Å². The molecule has 0 aromatic heterocycles. The van der Waals surface area contributed by atoms with Gasteiger partial charge in [0.1, 0.15) is 0 Å². The van der Waals surface area contributed by atoms with Crippen LogP contribution in [-0.2, 0) is 0 Å². The van der Waals surface area contributed by atoms with Crippen LogP contribution >= 0.6 is 0 Å². The van der Waals surface area contributed by atoms with E-state index in [2.05, 4.69) is 6.92 Å². The summed E-state index contributed by atoms with van der Waals surface area (Å²) in [5, 5.41) is 0. The van der Waals surface area contributed by atoms with Gasteiger partial charge in [0.2, 0.25) is 0 Å². The van der Waals surface area contributed by atoms with Crippen LogP contribution in [0.1, 0.15) is 36.5 Å². The monoisotopic (exact) mass is 272 g/mol. The molecule has 0 spiro atoms. The van der Waals surface area contributed by atoms with Gasteiger partial charge in [0.25, 0.3) is 0 Å². The SMILES string of the molecule is CC1COc2ccc(C(=O)C3C4CCCC43)cc2OC1. The molecule has 3 atom stereocenters. The molecule has 0 saturated heterocycles.